The third-order valence-corrected chi connectivity index (χ3v) is 3.60. The second-order valence-electron chi connectivity index (χ2n) is 4.01. The number of aromatic nitrogens is 2. The molecule has 8 heteroatoms. The summed E-state index contributed by atoms with van der Waals surface area (Å²) in [5, 5.41) is 3.86. The minimum Gasteiger partial charge on any atom is -0.397 e. The molecule has 0 aliphatic heterocycles. The molecule has 2 N–H and O–H groups in total. The highest BCUT2D eigenvalue weighted by molar-refractivity contribution is 7.90. The number of hydrogen-bond acceptors (Lipinski definition) is 4. The van der Waals surface area contributed by atoms with Crippen molar-refractivity contribution in [3.05, 3.63) is 36.2 Å². The standard InChI is InChI=1S/C11H11F2N3O2S/c1-19(17,18)8-5-15-16(6-8)10-3-2-7(11(12)13)4-9(10)14/h2-6,11H,14H2,1H3. The van der Waals surface area contributed by atoms with E-state index in [9.17, 15) is 17.2 Å². The van der Waals surface area contributed by atoms with E-state index in [0.717, 1.165) is 12.3 Å². The number of sulfone groups is 1. The molecule has 2 rings (SSSR count). The number of nitrogen functional groups attached to an aromatic ring is 1. The lowest BCUT2D eigenvalue weighted by Crippen LogP contribution is -2.01. The molecule has 1 aromatic carbocycles. The van der Waals surface area contributed by atoms with Gasteiger partial charge in [0, 0.05) is 18.0 Å². The van der Waals surface area contributed by atoms with Crippen molar-refractivity contribution in [2.45, 2.75) is 11.3 Å². The van der Waals surface area contributed by atoms with Gasteiger partial charge in [0.15, 0.2) is 9.84 Å². The van der Waals surface area contributed by atoms with E-state index in [1.807, 2.05) is 0 Å². The highest BCUT2D eigenvalue weighted by Gasteiger charge is 2.14. The van der Waals surface area contributed by atoms with Crippen molar-refractivity contribution in [1.82, 2.24) is 9.78 Å². The minimum absolute atomic E-state index is 0.0323. The van der Waals surface area contributed by atoms with Crippen molar-refractivity contribution in [2.24, 2.45) is 0 Å². The van der Waals surface area contributed by atoms with E-state index in [1.165, 1.54) is 29.2 Å². The Labute approximate surface area is 108 Å². The molecule has 0 spiro atoms. The van der Waals surface area contributed by atoms with Crippen molar-refractivity contribution in [1.29, 1.82) is 0 Å². The molecule has 5 nitrogen and oxygen atoms in total. The third kappa shape index (κ3) is 2.73. The molecule has 0 bridgehead atoms. The van der Waals surface area contributed by atoms with Gasteiger partial charge in [-0.2, -0.15) is 5.10 Å². The molecule has 1 aromatic heterocycles. The Balaban J connectivity index is 2.45. The van der Waals surface area contributed by atoms with E-state index in [2.05, 4.69) is 5.10 Å². The Morgan fingerprint density at radius 3 is 2.53 bits per heavy atom. The van der Waals surface area contributed by atoms with Gasteiger partial charge >= 0.3 is 0 Å². The first-order chi connectivity index (χ1) is 8.79. The third-order valence-electron chi connectivity index (χ3n) is 2.54. The van der Waals surface area contributed by atoms with Gasteiger partial charge in [0.25, 0.3) is 6.43 Å². The molecule has 0 amide bonds. The maximum Gasteiger partial charge on any atom is 0.263 e. The zero-order chi connectivity index (χ0) is 14.2. The molecule has 0 atom stereocenters. The van der Waals surface area contributed by atoms with E-state index < -0.39 is 16.3 Å². The molecular weight excluding hydrogens is 276 g/mol. The highest BCUT2D eigenvalue weighted by Crippen LogP contribution is 2.25. The Bertz CT molecular complexity index is 710. The lowest BCUT2D eigenvalue weighted by atomic mass is 10.2. The zero-order valence-corrected chi connectivity index (χ0v) is 10.7. The van der Waals surface area contributed by atoms with Crippen LogP contribution in [0.4, 0.5) is 14.5 Å². The zero-order valence-electron chi connectivity index (χ0n) is 9.92. The van der Waals surface area contributed by atoms with Crippen LogP contribution in [0.2, 0.25) is 0 Å². The second-order valence-corrected chi connectivity index (χ2v) is 6.03. The number of hydrogen-bond donors (Lipinski definition) is 1. The van der Waals surface area contributed by atoms with Crippen LogP contribution in [0.15, 0.2) is 35.5 Å². The molecule has 2 aromatic rings. The predicted octanol–water partition coefficient (Wildman–Crippen LogP) is 1.80. The molecule has 102 valence electrons. The first-order valence-electron chi connectivity index (χ1n) is 5.21. The maximum absolute atomic E-state index is 12.5. The Hall–Kier alpha value is -1.96. The summed E-state index contributed by atoms with van der Waals surface area (Å²) >= 11 is 0. The highest BCUT2D eigenvalue weighted by atomic mass is 32.2. The SMILES string of the molecule is CS(=O)(=O)c1cnn(-c2ccc(C(F)F)cc2N)c1. The fourth-order valence-corrected chi connectivity index (χ4v) is 2.08. The molecule has 0 fully saturated rings. The molecule has 19 heavy (non-hydrogen) atoms. The van der Waals surface area contributed by atoms with Crippen LogP contribution in [0.1, 0.15) is 12.0 Å². The van der Waals surface area contributed by atoms with Gasteiger partial charge in [-0.1, -0.05) is 6.07 Å². The lowest BCUT2D eigenvalue weighted by molar-refractivity contribution is 0.151. The Morgan fingerprint density at radius 1 is 1.37 bits per heavy atom. The molecule has 0 aliphatic rings. The van der Waals surface area contributed by atoms with E-state index in [0.29, 0.717) is 5.69 Å². The number of benzene rings is 1. The summed E-state index contributed by atoms with van der Waals surface area (Å²) in [6.45, 7) is 0. The van der Waals surface area contributed by atoms with Crippen LogP contribution in [0.5, 0.6) is 0 Å². The first kappa shape index (κ1) is 13.5. The van der Waals surface area contributed by atoms with Crippen LogP contribution >= 0.6 is 0 Å². The van der Waals surface area contributed by atoms with E-state index >= 15 is 0 Å². The van der Waals surface area contributed by atoms with Crippen LogP contribution in [-0.4, -0.2) is 24.5 Å². The normalized spacial score (nSPS) is 12.0. The van der Waals surface area contributed by atoms with Gasteiger partial charge in [0.2, 0.25) is 0 Å². The number of rotatable bonds is 3. The van der Waals surface area contributed by atoms with Gasteiger partial charge in [-0.05, 0) is 12.1 Å². The number of anilines is 1. The Morgan fingerprint density at radius 2 is 2.05 bits per heavy atom. The second kappa shape index (κ2) is 4.61. The average Bonchev–Trinajstić information content (AvgIpc) is 2.77. The van der Waals surface area contributed by atoms with Crippen LogP contribution in [-0.2, 0) is 9.84 Å². The van der Waals surface area contributed by atoms with E-state index in [1.54, 1.807) is 0 Å². The monoisotopic (exact) mass is 287 g/mol. The van der Waals surface area contributed by atoms with Crippen LogP contribution in [0, 0.1) is 0 Å². The first-order valence-corrected chi connectivity index (χ1v) is 7.11. The van der Waals surface area contributed by atoms with Crippen molar-refractivity contribution in [2.75, 3.05) is 12.0 Å². The maximum atomic E-state index is 12.5. The summed E-state index contributed by atoms with van der Waals surface area (Å²) in [6.07, 6.45) is 0.900. The van der Waals surface area contributed by atoms with Crippen molar-refractivity contribution >= 4 is 15.5 Å². The number of nitrogens with two attached hydrogens (primary N) is 1. The molecule has 0 saturated heterocycles. The van der Waals surface area contributed by atoms with Crippen molar-refractivity contribution in [3.8, 4) is 5.69 Å². The fourth-order valence-electron chi connectivity index (χ4n) is 1.55. The molecular formula is C11H11F2N3O2S. The van der Waals surface area contributed by atoms with Gasteiger partial charge in [-0.25, -0.2) is 21.9 Å². The molecule has 0 saturated carbocycles. The number of halogens is 2. The van der Waals surface area contributed by atoms with Crippen molar-refractivity contribution < 1.29 is 17.2 Å². The summed E-state index contributed by atoms with van der Waals surface area (Å²) in [5.74, 6) is 0. The number of nitrogens with zero attached hydrogens (tertiary/aromatic N) is 2. The van der Waals surface area contributed by atoms with E-state index in [4.69, 9.17) is 5.73 Å². The summed E-state index contributed by atoms with van der Waals surface area (Å²) in [5.41, 5.74) is 5.91. The van der Waals surface area contributed by atoms with E-state index in [-0.39, 0.29) is 16.1 Å². The van der Waals surface area contributed by atoms with Crippen LogP contribution < -0.4 is 5.73 Å². The summed E-state index contributed by atoms with van der Waals surface area (Å²) in [6, 6.07) is 3.73. The number of alkyl halides is 2. The fraction of sp³-hybridized carbons (Fsp3) is 0.182. The topological polar surface area (TPSA) is 78.0 Å². The lowest BCUT2D eigenvalue weighted by Gasteiger charge is -2.07. The quantitative estimate of drug-likeness (QED) is 0.873. The van der Waals surface area contributed by atoms with Gasteiger partial charge in [0.1, 0.15) is 4.90 Å². The van der Waals surface area contributed by atoms with Gasteiger partial charge in [-0.15, -0.1) is 0 Å². The van der Waals surface area contributed by atoms with Gasteiger partial charge in [0.05, 0.1) is 17.6 Å². The molecule has 0 aliphatic carbocycles. The van der Waals surface area contributed by atoms with Crippen LogP contribution in [0.25, 0.3) is 5.69 Å². The van der Waals surface area contributed by atoms with Gasteiger partial charge < -0.3 is 5.73 Å². The summed E-state index contributed by atoms with van der Waals surface area (Å²) in [4.78, 5) is 0.0323. The van der Waals surface area contributed by atoms with Gasteiger partial charge in [-0.3, -0.25) is 0 Å². The predicted molar refractivity (Wildman–Crippen MR) is 66.0 cm³/mol. The Kier molecular flexibility index (Phi) is 3.27. The minimum atomic E-state index is -3.37. The smallest absolute Gasteiger partial charge is 0.263 e. The summed E-state index contributed by atoms with van der Waals surface area (Å²) in [7, 11) is -3.37. The molecule has 0 radical (unpaired) electrons. The van der Waals surface area contributed by atoms with Crippen molar-refractivity contribution in [3.63, 3.8) is 0 Å². The largest absolute Gasteiger partial charge is 0.397 e. The molecule has 0 unspecified atom stereocenters. The summed E-state index contributed by atoms with van der Waals surface area (Å²) < 4.78 is 48.8. The van der Waals surface area contributed by atoms with Crippen LogP contribution in [0.3, 0.4) is 0 Å². The average molecular weight is 287 g/mol. The molecule has 1 heterocycles.